The van der Waals surface area contributed by atoms with E-state index in [9.17, 15) is 0 Å². The number of nitrogens with two attached hydrogens (primary N) is 1. The van der Waals surface area contributed by atoms with E-state index in [0.717, 1.165) is 38.2 Å². The third-order valence-corrected chi connectivity index (χ3v) is 3.04. The highest BCUT2D eigenvalue weighted by atomic mass is 16.5. The largest absolute Gasteiger partial charge is 0.381 e. The van der Waals surface area contributed by atoms with Crippen LogP contribution >= 0.6 is 0 Å². The number of nitrogens with zero attached hydrogens (tertiary/aromatic N) is 3. The van der Waals surface area contributed by atoms with Gasteiger partial charge in [-0.3, -0.25) is 4.68 Å². The van der Waals surface area contributed by atoms with Gasteiger partial charge in [-0.25, -0.2) is 0 Å². The van der Waals surface area contributed by atoms with Crippen LogP contribution in [0, 0.1) is 5.41 Å². The Balaban J connectivity index is 2.06. The molecular formula is C10H18N4O. The highest BCUT2D eigenvalue weighted by molar-refractivity contribution is 5.00. The van der Waals surface area contributed by atoms with Crippen molar-refractivity contribution in [2.45, 2.75) is 19.3 Å². The van der Waals surface area contributed by atoms with Crippen LogP contribution in [-0.2, 0) is 18.2 Å². The van der Waals surface area contributed by atoms with Gasteiger partial charge in [-0.05, 0) is 12.8 Å². The maximum absolute atomic E-state index is 5.86. The molecule has 1 aromatic rings. The quantitative estimate of drug-likeness (QED) is 0.769. The Morgan fingerprint density at radius 1 is 1.67 bits per heavy atom. The minimum atomic E-state index is 0.0777. The summed E-state index contributed by atoms with van der Waals surface area (Å²) in [4.78, 5) is 0. The summed E-state index contributed by atoms with van der Waals surface area (Å²) in [6.45, 7) is 2.27. The topological polar surface area (TPSA) is 66.0 Å². The molecule has 5 nitrogen and oxygen atoms in total. The second kappa shape index (κ2) is 4.28. The zero-order valence-electron chi connectivity index (χ0n) is 9.15. The van der Waals surface area contributed by atoms with E-state index in [4.69, 9.17) is 10.5 Å². The lowest BCUT2D eigenvalue weighted by molar-refractivity contribution is -0.00313. The Hall–Kier alpha value is -0.940. The molecule has 0 amide bonds. The van der Waals surface area contributed by atoms with Crippen LogP contribution in [0.25, 0.3) is 0 Å². The molecule has 0 spiro atoms. The maximum Gasteiger partial charge on any atom is 0.0833 e. The van der Waals surface area contributed by atoms with Crippen molar-refractivity contribution in [2.24, 2.45) is 18.2 Å². The molecule has 1 fully saturated rings. The van der Waals surface area contributed by atoms with Crippen LogP contribution in [0.2, 0.25) is 0 Å². The summed E-state index contributed by atoms with van der Waals surface area (Å²) in [5.41, 5.74) is 6.94. The molecule has 0 aromatic carbocycles. The molecule has 0 aliphatic carbocycles. The van der Waals surface area contributed by atoms with E-state index >= 15 is 0 Å². The maximum atomic E-state index is 5.86. The number of aromatic nitrogens is 3. The molecular weight excluding hydrogens is 192 g/mol. The Morgan fingerprint density at radius 2 is 2.53 bits per heavy atom. The molecule has 2 N–H and O–H groups in total. The van der Waals surface area contributed by atoms with E-state index in [1.54, 1.807) is 4.68 Å². The molecule has 1 aromatic heterocycles. The first kappa shape index (κ1) is 10.6. The number of aryl methyl sites for hydroxylation is 1. The first-order valence-electron chi connectivity index (χ1n) is 5.37. The fourth-order valence-corrected chi connectivity index (χ4v) is 2.14. The lowest BCUT2D eigenvalue weighted by Gasteiger charge is -2.35. The summed E-state index contributed by atoms with van der Waals surface area (Å²) < 4.78 is 7.25. The summed E-state index contributed by atoms with van der Waals surface area (Å²) in [6.07, 6.45) is 5.04. The molecule has 2 heterocycles. The number of hydrogen-bond donors (Lipinski definition) is 1. The minimum absolute atomic E-state index is 0.0777. The lowest BCUT2D eigenvalue weighted by atomic mass is 9.79. The van der Waals surface area contributed by atoms with Crippen molar-refractivity contribution in [1.82, 2.24) is 15.0 Å². The van der Waals surface area contributed by atoms with Gasteiger partial charge < -0.3 is 10.5 Å². The van der Waals surface area contributed by atoms with Gasteiger partial charge in [0.1, 0.15) is 0 Å². The molecule has 1 atom stereocenters. The van der Waals surface area contributed by atoms with Gasteiger partial charge in [-0.2, -0.15) is 0 Å². The molecule has 0 bridgehead atoms. The summed E-state index contributed by atoms with van der Waals surface area (Å²) in [6, 6.07) is 0. The van der Waals surface area contributed by atoms with Crippen molar-refractivity contribution in [3.8, 4) is 0 Å². The minimum Gasteiger partial charge on any atom is -0.381 e. The summed E-state index contributed by atoms with van der Waals surface area (Å²) in [7, 11) is 1.88. The van der Waals surface area contributed by atoms with E-state index in [1.807, 2.05) is 13.2 Å². The zero-order chi connectivity index (χ0) is 10.7. The summed E-state index contributed by atoms with van der Waals surface area (Å²) >= 11 is 0. The molecule has 0 radical (unpaired) electrons. The predicted molar refractivity (Wildman–Crippen MR) is 56.2 cm³/mol. The van der Waals surface area contributed by atoms with Crippen LogP contribution in [0.1, 0.15) is 18.5 Å². The molecule has 1 saturated heterocycles. The second-order valence-electron chi connectivity index (χ2n) is 4.42. The summed E-state index contributed by atoms with van der Waals surface area (Å²) in [5, 5.41) is 8.04. The molecule has 84 valence electrons. The van der Waals surface area contributed by atoms with Gasteiger partial charge in [0, 0.05) is 38.2 Å². The monoisotopic (exact) mass is 210 g/mol. The van der Waals surface area contributed by atoms with E-state index in [-0.39, 0.29) is 5.41 Å². The van der Waals surface area contributed by atoms with Crippen molar-refractivity contribution < 1.29 is 4.74 Å². The third kappa shape index (κ3) is 2.35. The van der Waals surface area contributed by atoms with Crippen molar-refractivity contribution in [2.75, 3.05) is 19.8 Å². The average molecular weight is 210 g/mol. The number of ether oxygens (including phenoxy) is 1. The Bertz CT molecular complexity index is 317. The molecule has 1 aliphatic rings. The standard InChI is InChI=1S/C10H18N4O/c1-14-6-9(12-13-14)5-10(7-11)3-2-4-15-8-10/h6H,2-5,7-8,11H2,1H3. The number of rotatable bonds is 3. The molecule has 15 heavy (non-hydrogen) atoms. The third-order valence-electron chi connectivity index (χ3n) is 3.04. The first-order chi connectivity index (χ1) is 7.24. The van der Waals surface area contributed by atoms with Crippen LogP contribution in [0.4, 0.5) is 0 Å². The SMILES string of the molecule is Cn1cc(CC2(CN)CCCOC2)nn1. The van der Waals surface area contributed by atoms with Crippen molar-refractivity contribution in [1.29, 1.82) is 0 Å². The van der Waals surface area contributed by atoms with Crippen LogP contribution < -0.4 is 5.73 Å². The van der Waals surface area contributed by atoms with Gasteiger partial charge in [0.15, 0.2) is 0 Å². The second-order valence-corrected chi connectivity index (χ2v) is 4.42. The van der Waals surface area contributed by atoms with Gasteiger partial charge >= 0.3 is 0 Å². The molecule has 0 saturated carbocycles. The highest BCUT2D eigenvalue weighted by Crippen LogP contribution is 2.30. The molecule has 1 unspecified atom stereocenters. The van der Waals surface area contributed by atoms with Crippen LogP contribution in [0.15, 0.2) is 6.20 Å². The number of hydrogen-bond acceptors (Lipinski definition) is 4. The van der Waals surface area contributed by atoms with Crippen LogP contribution in [0.5, 0.6) is 0 Å². The van der Waals surface area contributed by atoms with Gasteiger partial charge in [-0.15, -0.1) is 5.10 Å². The smallest absolute Gasteiger partial charge is 0.0833 e. The lowest BCUT2D eigenvalue weighted by Crippen LogP contribution is -2.40. The Labute approximate surface area is 89.6 Å². The molecule has 2 rings (SSSR count). The van der Waals surface area contributed by atoms with E-state index in [0.29, 0.717) is 6.54 Å². The first-order valence-corrected chi connectivity index (χ1v) is 5.37. The van der Waals surface area contributed by atoms with Crippen molar-refractivity contribution in [3.05, 3.63) is 11.9 Å². The zero-order valence-corrected chi connectivity index (χ0v) is 9.15. The Morgan fingerprint density at radius 3 is 3.07 bits per heavy atom. The van der Waals surface area contributed by atoms with Crippen molar-refractivity contribution in [3.63, 3.8) is 0 Å². The predicted octanol–water partition coefficient (Wildman–Crippen LogP) is 0.113. The van der Waals surface area contributed by atoms with Gasteiger partial charge in [-0.1, -0.05) is 5.21 Å². The van der Waals surface area contributed by atoms with Gasteiger partial charge in [0.25, 0.3) is 0 Å². The molecule has 1 aliphatic heterocycles. The average Bonchev–Trinajstić information content (AvgIpc) is 2.65. The summed E-state index contributed by atoms with van der Waals surface area (Å²) in [5.74, 6) is 0. The fourth-order valence-electron chi connectivity index (χ4n) is 2.14. The van der Waals surface area contributed by atoms with Crippen molar-refractivity contribution >= 4 is 0 Å². The Kier molecular flexibility index (Phi) is 3.02. The van der Waals surface area contributed by atoms with Gasteiger partial charge in [0.2, 0.25) is 0 Å². The normalized spacial score (nSPS) is 26.8. The van der Waals surface area contributed by atoms with Crippen LogP contribution in [-0.4, -0.2) is 34.8 Å². The van der Waals surface area contributed by atoms with Crippen LogP contribution in [0.3, 0.4) is 0 Å². The van der Waals surface area contributed by atoms with E-state index in [2.05, 4.69) is 10.3 Å². The van der Waals surface area contributed by atoms with E-state index in [1.165, 1.54) is 0 Å². The van der Waals surface area contributed by atoms with E-state index < -0.39 is 0 Å². The van der Waals surface area contributed by atoms with Gasteiger partial charge in [0.05, 0.1) is 12.3 Å². The molecule has 5 heteroatoms. The fraction of sp³-hybridized carbons (Fsp3) is 0.800. The highest BCUT2D eigenvalue weighted by Gasteiger charge is 2.32.